The summed E-state index contributed by atoms with van der Waals surface area (Å²) in [5.74, 6) is 0. The first-order chi connectivity index (χ1) is 8.66. The molecule has 0 saturated carbocycles. The summed E-state index contributed by atoms with van der Waals surface area (Å²) in [4.78, 5) is 2.36. The van der Waals surface area contributed by atoms with Crippen LogP contribution in [0.4, 0.5) is 0 Å². The number of rotatable bonds is 8. The zero-order valence-electron chi connectivity index (χ0n) is 11.5. The quantitative estimate of drug-likeness (QED) is 0.726. The molecule has 0 aromatic heterocycles. The van der Waals surface area contributed by atoms with Gasteiger partial charge in [-0.15, -0.1) is 0 Å². The lowest BCUT2D eigenvalue weighted by Gasteiger charge is -2.25. The molecule has 0 aliphatic rings. The predicted molar refractivity (Wildman–Crippen MR) is 80.0 cm³/mol. The topological polar surface area (TPSA) is 29.3 Å². The molecule has 0 aliphatic heterocycles. The van der Waals surface area contributed by atoms with Crippen molar-refractivity contribution in [2.24, 2.45) is 5.73 Å². The number of unbranched alkanes of at least 4 members (excludes halogenated alkanes) is 3. The van der Waals surface area contributed by atoms with Gasteiger partial charge in [0.2, 0.25) is 0 Å². The van der Waals surface area contributed by atoms with E-state index in [1.54, 1.807) is 0 Å². The third-order valence-corrected chi connectivity index (χ3v) is 3.83. The molecule has 1 rings (SSSR count). The summed E-state index contributed by atoms with van der Waals surface area (Å²) < 4.78 is 0. The standard InChI is InChI=1S/C15H25ClN2/c1-13(14-9-5-6-10-15(14)16)18(2)12-8-4-3-7-11-17/h5-6,9-10,13H,3-4,7-8,11-12,17H2,1-2H3. The molecule has 2 nitrogen and oxygen atoms in total. The summed E-state index contributed by atoms with van der Waals surface area (Å²) in [6, 6.07) is 8.46. The Morgan fingerprint density at radius 3 is 2.50 bits per heavy atom. The van der Waals surface area contributed by atoms with Gasteiger partial charge in [0.1, 0.15) is 0 Å². The minimum atomic E-state index is 0.369. The SMILES string of the molecule is CC(c1ccccc1Cl)N(C)CCCCCCN. The van der Waals surface area contributed by atoms with E-state index in [1.807, 2.05) is 18.2 Å². The molecule has 0 aliphatic carbocycles. The van der Waals surface area contributed by atoms with Crippen LogP contribution in [0.5, 0.6) is 0 Å². The van der Waals surface area contributed by atoms with Gasteiger partial charge in [0, 0.05) is 11.1 Å². The Morgan fingerprint density at radius 2 is 1.83 bits per heavy atom. The molecule has 0 heterocycles. The van der Waals surface area contributed by atoms with Crippen LogP contribution in [-0.2, 0) is 0 Å². The maximum absolute atomic E-state index is 6.23. The number of hydrogen-bond acceptors (Lipinski definition) is 2. The Bertz CT molecular complexity index is 341. The minimum absolute atomic E-state index is 0.369. The second kappa shape index (κ2) is 8.52. The van der Waals surface area contributed by atoms with Crippen LogP contribution in [0.3, 0.4) is 0 Å². The fourth-order valence-electron chi connectivity index (χ4n) is 2.10. The highest BCUT2D eigenvalue weighted by atomic mass is 35.5. The van der Waals surface area contributed by atoms with E-state index in [-0.39, 0.29) is 0 Å². The van der Waals surface area contributed by atoms with Gasteiger partial charge in [-0.25, -0.2) is 0 Å². The number of hydrogen-bond donors (Lipinski definition) is 1. The fourth-order valence-corrected chi connectivity index (χ4v) is 2.40. The first kappa shape index (κ1) is 15.5. The largest absolute Gasteiger partial charge is 0.330 e. The Hall–Kier alpha value is -0.570. The molecule has 1 atom stereocenters. The Labute approximate surface area is 116 Å². The normalized spacial score (nSPS) is 12.9. The monoisotopic (exact) mass is 268 g/mol. The second-order valence-electron chi connectivity index (χ2n) is 4.88. The average molecular weight is 269 g/mol. The zero-order chi connectivity index (χ0) is 13.4. The molecule has 18 heavy (non-hydrogen) atoms. The Kier molecular flexibility index (Phi) is 7.33. The van der Waals surface area contributed by atoms with Crippen molar-refractivity contribution in [3.8, 4) is 0 Å². The highest BCUT2D eigenvalue weighted by Gasteiger charge is 2.13. The Morgan fingerprint density at radius 1 is 1.17 bits per heavy atom. The molecule has 1 aromatic carbocycles. The molecule has 102 valence electrons. The van der Waals surface area contributed by atoms with E-state index in [4.69, 9.17) is 17.3 Å². The molecule has 0 radical (unpaired) electrons. The minimum Gasteiger partial charge on any atom is -0.330 e. The molecular formula is C15H25ClN2. The molecule has 1 unspecified atom stereocenters. The van der Waals surface area contributed by atoms with Crippen molar-refractivity contribution in [2.75, 3.05) is 20.1 Å². The maximum Gasteiger partial charge on any atom is 0.0453 e. The van der Waals surface area contributed by atoms with E-state index in [2.05, 4.69) is 24.9 Å². The first-order valence-corrected chi connectivity index (χ1v) is 7.19. The number of halogens is 1. The third-order valence-electron chi connectivity index (χ3n) is 3.48. The number of nitrogens with zero attached hydrogens (tertiary/aromatic N) is 1. The molecule has 0 bridgehead atoms. The lowest BCUT2D eigenvalue weighted by Crippen LogP contribution is -2.23. The lowest BCUT2D eigenvalue weighted by atomic mass is 10.1. The highest BCUT2D eigenvalue weighted by molar-refractivity contribution is 6.31. The van der Waals surface area contributed by atoms with E-state index < -0.39 is 0 Å². The predicted octanol–water partition coefficient (Wildman–Crippen LogP) is 3.85. The molecule has 0 amide bonds. The van der Waals surface area contributed by atoms with E-state index in [1.165, 1.54) is 24.8 Å². The van der Waals surface area contributed by atoms with Crippen LogP contribution in [0.25, 0.3) is 0 Å². The fraction of sp³-hybridized carbons (Fsp3) is 0.600. The van der Waals surface area contributed by atoms with E-state index in [9.17, 15) is 0 Å². The summed E-state index contributed by atoms with van der Waals surface area (Å²) in [7, 11) is 2.16. The smallest absolute Gasteiger partial charge is 0.0453 e. The molecular weight excluding hydrogens is 244 g/mol. The third kappa shape index (κ3) is 4.97. The van der Waals surface area contributed by atoms with Crippen molar-refractivity contribution in [1.82, 2.24) is 4.90 Å². The van der Waals surface area contributed by atoms with E-state index >= 15 is 0 Å². The Balaban J connectivity index is 2.37. The maximum atomic E-state index is 6.23. The summed E-state index contributed by atoms with van der Waals surface area (Å²) in [5, 5.41) is 0.861. The van der Waals surface area contributed by atoms with Gasteiger partial charge in [-0.2, -0.15) is 0 Å². The molecule has 1 aromatic rings. The van der Waals surface area contributed by atoms with Crippen molar-refractivity contribution in [3.63, 3.8) is 0 Å². The van der Waals surface area contributed by atoms with Crippen molar-refractivity contribution in [3.05, 3.63) is 34.9 Å². The van der Waals surface area contributed by atoms with Crippen LogP contribution in [0.15, 0.2) is 24.3 Å². The van der Waals surface area contributed by atoms with Crippen LogP contribution < -0.4 is 5.73 Å². The zero-order valence-corrected chi connectivity index (χ0v) is 12.3. The van der Waals surface area contributed by atoms with E-state index in [0.29, 0.717) is 6.04 Å². The number of nitrogens with two attached hydrogens (primary N) is 1. The van der Waals surface area contributed by atoms with Gasteiger partial charge in [-0.3, -0.25) is 4.90 Å². The van der Waals surface area contributed by atoms with Gasteiger partial charge in [-0.1, -0.05) is 42.6 Å². The van der Waals surface area contributed by atoms with Gasteiger partial charge >= 0.3 is 0 Å². The summed E-state index contributed by atoms with van der Waals surface area (Å²) in [6.07, 6.45) is 4.87. The van der Waals surface area contributed by atoms with Gasteiger partial charge < -0.3 is 5.73 Å². The van der Waals surface area contributed by atoms with Gasteiger partial charge in [0.25, 0.3) is 0 Å². The van der Waals surface area contributed by atoms with Gasteiger partial charge in [-0.05, 0) is 51.5 Å². The summed E-state index contributed by atoms with van der Waals surface area (Å²) in [6.45, 7) is 4.13. The van der Waals surface area contributed by atoms with Gasteiger partial charge in [0.15, 0.2) is 0 Å². The molecule has 0 spiro atoms. The first-order valence-electron chi connectivity index (χ1n) is 6.81. The van der Waals surface area contributed by atoms with Crippen LogP contribution in [0.1, 0.15) is 44.2 Å². The van der Waals surface area contributed by atoms with Crippen molar-refractivity contribution in [1.29, 1.82) is 0 Å². The van der Waals surface area contributed by atoms with Crippen LogP contribution in [0.2, 0.25) is 5.02 Å². The number of benzene rings is 1. The lowest BCUT2D eigenvalue weighted by molar-refractivity contribution is 0.255. The van der Waals surface area contributed by atoms with Crippen molar-refractivity contribution in [2.45, 2.75) is 38.6 Å². The summed E-state index contributed by atoms with van der Waals surface area (Å²) in [5.41, 5.74) is 6.70. The van der Waals surface area contributed by atoms with Crippen LogP contribution in [-0.4, -0.2) is 25.0 Å². The molecule has 0 saturated heterocycles. The molecule has 2 N–H and O–H groups in total. The second-order valence-corrected chi connectivity index (χ2v) is 5.29. The van der Waals surface area contributed by atoms with E-state index in [0.717, 1.165) is 24.5 Å². The highest BCUT2D eigenvalue weighted by Crippen LogP contribution is 2.26. The van der Waals surface area contributed by atoms with Crippen LogP contribution >= 0.6 is 11.6 Å². The molecule has 0 fully saturated rings. The average Bonchev–Trinajstić information content (AvgIpc) is 2.38. The van der Waals surface area contributed by atoms with Crippen molar-refractivity contribution < 1.29 is 0 Å². The van der Waals surface area contributed by atoms with Crippen LogP contribution in [0, 0.1) is 0 Å². The molecule has 3 heteroatoms. The van der Waals surface area contributed by atoms with Gasteiger partial charge in [0.05, 0.1) is 0 Å². The van der Waals surface area contributed by atoms with Crippen molar-refractivity contribution >= 4 is 11.6 Å². The summed E-state index contributed by atoms with van der Waals surface area (Å²) >= 11 is 6.23.